The molecule has 1 aliphatic rings. The molecule has 1 aliphatic heterocycles. The lowest BCUT2D eigenvalue weighted by Crippen LogP contribution is -1.82. The molecule has 0 fully saturated rings. The van der Waals surface area contributed by atoms with Crippen molar-refractivity contribution in [2.24, 2.45) is 0 Å². The zero-order chi connectivity index (χ0) is 6.41. The van der Waals surface area contributed by atoms with Crippen LogP contribution in [0.25, 0.3) is 0 Å². The number of carbonyl (C=O) groups is 1. The first-order valence-corrected chi connectivity index (χ1v) is 1.93. The number of hydrogen-bond donors (Lipinski definition) is 1. The fraction of sp³-hybridized carbons (Fsp3) is 0. The molecule has 44 valence electrons. The third kappa shape index (κ3) is 21.8. The van der Waals surface area contributed by atoms with Crippen LogP contribution in [0.5, 0.6) is 0 Å². The van der Waals surface area contributed by atoms with Crippen LogP contribution in [0.2, 0.25) is 0 Å². The quantitative estimate of drug-likeness (QED) is 0.511. The Labute approximate surface area is 46.9 Å². The molecular formula is C5H6O3. The first-order valence-electron chi connectivity index (χ1n) is 1.93. The molecule has 0 unspecified atom stereocenters. The maximum atomic E-state index is 9.25. The topological polar surface area (TPSA) is 49.8 Å². The van der Waals surface area contributed by atoms with E-state index in [0.29, 0.717) is 0 Å². The van der Waals surface area contributed by atoms with Crippen LogP contribution in [0.15, 0.2) is 25.2 Å². The van der Waals surface area contributed by atoms with Crippen molar-refractivity contribution in [1.82, 2.24) is 0 Å². The zero-order valence-electron chi connectivity index (χ0n) is 4.20. The fourth-order valence-electron chi connectivity index (χ4n) is 0. The second-order valence-electron chi connectivity index (χ2n) is 0.951. The summed E-state index contributed by atoms with van der Waals surface area (Å²) < 4.78 is 4.25. The summed E-state index contributed by atoms with van der Waals surface area (Å²) in [5.41, 5.74) is 0. The minimum Gasteiger partial charge on any atom is -0.478 e. The predicted octanol–water partition coefficient (Wildman–Crippen LogP) is 0.745. The largest absolute Gasteiger partial charge is 0.478 e. The summed E-state index contributed by atoms with van der Waals surface area (Å²) in [5.74, 6) is -0.981. The molecule has 0 aromatic heterocycles. The molecule has 0 saturated heterocycles. The minimum absolute atomic E-state index is 0.833. The number of hydrogen-bond acceptors (Lipinski definition) is 2. The van der Waals surface area contributed by atoms with Crippen LogP contribution in [0.3, 0.4) is 0 Å². The van der Waals surface area contributed by atoms with Crippen molar-refractivity contribution >= 4 is 5.97 Å². The van der Waals surface area contributed by atoms with E-state index in [1.54, 1.807) is 12.5 Å². The Balaban J connectivity index is 0.000000135. The lowest BCUT2D eigenvalue weighted by atomic mass is 10.7. The van der Waals surface area contributed by atoms with Crippen molar-refractivity contribution in [1.29, 1.82) is 0 Å². The summed E-state index contributed by atoms with van der Waals surface area (Å²) in [4.78, 5) is 9.25. The average Bonchev–Trinajstić information content (AvgIpc) is 2.48. The highest BCUT2D eigenvalue weighted by Crippen LogP contribution is 1.89. The molecule has 0 bridgehead atoms. The molecule has 0 aromatic rings. The molecule has 0 spiro atoms. The second kappa shape index (κ2) is 3.92. The van der Waals surface area contributed by atoms with Gasteiger partial charge in [-0.3, -0.25) is 0 Å². The highest BCUT2D eigenvalue weighted by molar-refractivity contribution is 5.78. The number of ether oxygens (including phenoxy) is 1. The van der Waals surface area contributed by atoms with Gasteiger partial charge in [0.1, 0.15) is 12.5 Å². The van der Waals surface area contributed by atoms with Crippen LogP contribution in [-0.2, 0) is 9.53 Å². The van der Waals surface area contributed by atoms with Gasteiger partial charge in [0.15, 0.2) is 0 Å². The van der Waals surface area contributed by atoms with Gasteiger partial charge in [0, 0.05) is 6.08 Å². The molecule has 0 atom stereocenters. The lowest BCUT2D eigenvalue weighted by molar-refractivity contribution is -0.131. The standard InChI is InChI=1S/C3H4O2.C2H2O/c1-2-3(4)5;1-2-3-1/h2H,1H2,(H,4,5);1-2H. The van der Waals surface area contributed by atoms with Gasteiger partial charge in [0.05, 0.1) is 0 Å². The van der Waals surface area contributed by atoms with Gasteiger partial charge in [-0.1, -0.05) is 6.58 Å². The second-order valence-corrected chi connectivity index (χ2v) is 0.951. The number of carboxylic acids is 1. The van der Waals surface area contributed by atoms with E-state index >= 15 is 0 Å². The van der Waals surface area contributed by atoms with Crippen molar-refractivity contribution in [3.05, 3.63) is 25.2 Å². The third-order valence-electron chi connectivity index (χ3n) is 0.311. The Kier molecular flexibility index (Phi) is 3.31. The minimum atomic E-state index is -0.981. The average molecular weight is 114 g/mol. The molecule has 0 aliphatic carbocycles. The van der Waals surface area contributed by atoms with Crippen LogP contribution in [0, 0.1) is 0 Å². The normalized spacial score (nSPS) is 10.0. The van der Waals surface area contributed by atoms with E-state index in [2.05, 4.69) is 11.3 Å². The lowest BCUT2D eigenvalue weighted by Gasteiger charge is -1.64. The molecular weight excluding hydrogens is 108 g/mol. The molecule has 0 amide bonds. The van der Waals surface area contributed by atoms with E-state index in [9.17, 15) is 4.79 Å². The van der Waals surface area contributed by atoms with E-state index in [-0.39, 0.29) is 0 Å². The summed E-state index contributed by atoms with van der Waals surface area (Å²) in [6, 6.07) is 0. The molecule has 0 radical (unpaired) electrons. The predicted molar refractivity (Wildman–Crippen MR) is 28.1 cm³/mol. The van der Waals surface area contributed by atoms with Gasteiger partial charge in [-0.15, -0.1) is 0 Å². The Morgan fingerprint density at radius 3 is 2.00 bits per heavy atom. The molecule has 3 nitrogen and oxygen atoms in total. The van der Waals surface area contributed by atoms with Crippen molar-refractivity contribution in [3.8, 4) is 0 Å². The van der Waals surface area contributed by atoms with E-state index in [4.69, 9.17) is 5.11 Å². The fourth-order valence-corrected chi connectivity index (χ4v) is 0. The van der Waals surface area contributed by atoms with Gasteiger partial charge >= 0.3 is 5.97 Å². The van der Waals surface area contributed by atoms with E-state index in [1.807, 2.05) is 0 Å². The Hall–Kier alpha value is -1.25. The zero-order valence-corrected chi connectivity index (χ0v) is 4.20. The van der Waals surface area contributed by atoms with Crippen LogP contribution in [0.4, 0.5) is 0 Å². The Morgan fingerprint density at radius 2 is 2.00 bits per heavy atom. The van der Waals surface area contributed by atoms with Crippen molar-refractivity contribution < 1.29 is 14.6 Å². The Morgan fingerprint density at radius 1 is 1.75 bits per heavy atom. The van der Waals surface area contributed by atoms with Gasteiger partial charge < -0.3 is 9.84 Å². The number of rotatable bonds is 1. The summed E-state index contributed by atoms with van der Waals surface area (Å²) in [7, 11) is 0. The SMILES string of the molecule is C1=CO1.C=CC(=O)O. The first kappa shape index (κ1) is 6.75. The molecule has 1 heterocycles. The molecule has 1 rings (SSSR count). The summed E-state index contributed by atoms with van der Waals surface area (Å²) in [6.07, 6.45) is 4.08. The summed E-state index contributed by atoms with van der Waals surface area (Å²) >= 11 is 0. The van der Waals surface area contributed by atoms with Crippen LogP contribution in [0.1, 0.15) is 0 Å². The molecule has 0 aromatic carbocycles. The van der Waals surface area contributed by atoms with Gasteiger partial charge in [-0.05, 0) is 0 Å². The third-order valence-corrected chi connectivity index (χ3v) is 0.311. The molecule has 0 saturated carbocycles. The maximum Gasteiger partial charge on any atom is 0.327 e. The molecule has 3 heteroatoms. The van der Waals surface area contributed by atoms with E-state index in [0.717, 1.165) is 6.08 Å². The van der Waals surface area contributed by atoms with E-state index in [1.165, 1.54) is 0 Å². The van der Waals surface area contributed by atoms with Crippen LogP contribution in [-0.4, -0.2) is 11.1 Å². The number of aliphatic carboxylic acids is 1. The van der Waals surface area contributed by atoms with Gasteiger partial charge in [-0.25, -0.2) is 4.79 Å². The smallest absolute Gasteiger partial charge is 0.327 e. The van der Waals surface area contributed by atoms with Crippen LogP contribution >= 0.6 is 0 Å². The summed E-state index contributed by atoms with van der Waals surface area (Å²) in [5, 5.41) is 7.60. The van der Waals surface area contributed by atoms with Crippen molar-refractivity contribution in [2.45, 2.75) is 0 Å². The van der Waals surface area contributed by atoms with Crippen molar-refractivity contribution in [3.63, 3.8) is 0 Å². The highest BCUT2D eigenvalue weighted by Gasteiger charge is 1.74. The number of carboxylic acid groups (broad SMARTS) is 1. The van der Waals surface area contributed by atoms with Crippen molar-refractivity contribution in [2.75, 3.05) is 0 Å². The monoisotopic (exact) mass is 114 g/mol. The van der Waals surface area contributed by atoms with Gasteiger partial charge in [0.25, 0.3) is 0 Å². The molecule has 8 heavy (non-hydrogen) atoms. The highest BCUT2D eigenvalue weighted by atomic mass is 16.5. The molecule has 1 N–H and O–H groups in total. The van der Waals surface area contributed by atoms with Gasteiger partial charge in [-0.2, -0.15) is 0 Å². The maximum absolute atomic E-state index is 9.25. The first-order chi connectivity index (χ1) is 3.77. The summed E-state index contributed by atoms with van der Waals surface area (Å²) in [6.45, 7) is 2.96. The van der Waals surface area contributed by atoms with E-state index < -0.39 is 5.97 Å². The van der Waals surface area contributed by atoms with Crippen LogP contribution < -0.4 is 0 Å². The Bertz CT molecular complexity index is 111. The van der Waals surface area contributed by atoms with Gasteiger partial charge in [0.2, 0.25) is 0 Å².